The molecule has 218 valence electrons. The van der Waals surface area contributed by atoms with Gasteiger partial charge in [-0.2, -0.15) is 0 Å². The summed E-state index contributed by atoms with van der Waals surface area (Å²) in [6, 6.07) is 3.01. The molecule has 8 nitrogen and oxygen atoms in total. The Kier molecular flexibility index (Phi) is 7.23. The number of benzene rings is 2. The van der Waals surface area contributed by atoms with Crippen LogP contribution in [-0.4, -0.2) is 76.4 Å². The van der Waals surface area contributed by atoms with E-state index >= 15 is 0 Å². The Morgan fingerprint density at radius 1 is 1.05 bits per heavy atom. The third-order valence-corrected chi connectivity index (χ3v) is 8.63. The maximum absolute atomic E-state index is 14.3. The van der Waals surface area contributed by atoms with Gasteiger partial charge in [0, 0.05) is 48.4 Å². The Labute approximate surface area is 234 Å². The molecule has 2 amide bonds. The number of rotatable bonds is 6. The fourth-order valence-electron chi connectivity index (χ4n) is 6.45. The number of aromatic amines is 1. The lowest BCUT2D eigenvalue weighted by Gasteiger charge is -2.34. The standard InChI is InChI=1S/C29H32F4N6O2/c1-14(9-18-25(32)19(30)12-20(31)26(18)33)35-21-3-6-34-28(40)24(21)27-36-22-10-15-13-39(16-4-7-38(2)8-5-16)29(41)17(15)11-23(22)37-27/h10-12,14,16,21,24,35H,3-9,13H2,1-2H3,(H,34,40)(H,36,37)/t14-,21?,24?/m0/s1. The molecule has 3 aliphatic heterocycles. The highest BCUT2D eigenvalue weighted by Crippen LogP contribution is 2.33. The summed E-state index contributed by atoms with van der Waals surface area (Å²) in [6.45, 7) is 4.46. The van der Waals surface area contributed by atoms with Gasteiger partial charge in [0.15, 0.2) is 23.3 Å². The summed E-state index contributed by atoms with van der Waals surface area (Å²) in [5.74, 6) is -6.39. The van der Waals surface area contributed by atoms with E-state index in [1.807, 2.05) is 11.0 Å². The third-order valence-electron chi connectivity index (χ3n) is 8.63. The van der Waals surface area contributed by atoms with Crippen molar-refractivity contribution in [2.75, 3.05) is 26.7 Å². The second-order valence-corrected chi connectivity index (χ2v) is 11.5. The number of piperidine rings is 2. The number of likely N-dealkylation sites (tertiary alicyclic amines) is 1. The van der Waals surface area contributed by atoms with Gasteiger partial charge in [0.25, 0.3) is 5.91 Å². The number of imidazole rings is 1. The molecule has 2 fully saturated rings. The largest absolute Gasteiger partial charge is 0.355 e. The van der Waals surface area contributed by atoms with E-state index in [4.69, 9.17) is 0 Å². The zero-order valence-corrected chi connectivity index (χ0v) is 22.9. The molecule has 3 aliphatic rings. The summed E-state index contributed by atoms with van der Waals surface area (Å²) in [6.07, 6.45) is 2.06. The SMILES string of the molecule is C[C@@H](Cc1c(F)c(F)cc(F)c1F)NC1CCNC(=O)C1c1nc2cc3c(cc2[nH]1)CN(C1CCN(C)CC1)C3=O. The molecular weight excluding hydrogens is 540 g/mol. The van der Waals surface area contributed by atoms with Crippen LogP contribution in [0, 0.1) is 23.3 Å². The number of carbonyl (C=O) groups is 2. The van der Waals surface area contributed by atoms with E-state index in [2.05, 4.69) is 32.5 Å². The fraction of sp³-hybridized carbons (Fsp3) is 0.483. The van der Waals surface area contributed by atoms with Gasteiger partial charge in [0.2, 0.25) is 5.91 Å². The average molecular weight is 573 g/mol. The molecule has 0 radical (unpaired) electrons. The smallest absolute Gasteiger partial charge is 0.254 e. The maximum atomic E-state index is 14.3. The summed E-state index contributed by atoms with van der Waals surface area (Å²) in [7, 11) is 2.08. The van der Waals surface area contributed by atoms with Crippen LogP contribution in [0.1, 0.15) is 59.4 Å². The molecule has 0 bridgehead atoms. The number of halogens is 4. The van der Waals surface area contributed by atoms with Crippen molar-refractivity contribution in [3.05, 3.63) is 64.0 Å². The molecule has 1 aromatic heterocycles. The summed E-state index contributed by atoms with van der Waals surface area (Å²) in [5, 5.41) is 6.05. The van der Waals surface area contributed by atoms with E-state index in [1.165, 1.54) is 0 Å². The highest BCUT2D eigenvalue weighted by molar-refractivity contribution is 6.02. The first-order chi connectivity index (χ1) is 19.6. The molecule has 0 aliphatic carbocycles. The van der Waals surface area contributed by atoms with Crippen LogP contribution in [0.15, 0.2) is 18.2 Å². The van der Waals surface area contributed by atoms with Gasteiger partial charge in [-0.1, -0.05) is 0 Å². The Morgan fingerprint density at radius 2 is 1.76 bits per heavy atom. The molecule has 2 unspecified atom stereocenters. The van der Waals surface area contributed by atoms with Crippen molar-refractivity contribution in [3.63, 3.8) is 0 Å². The number of fused-ring (bicyclic) bond motifs is 2. The van der Waals surface area contributed by atoms with Crippen molar-refractivity contribution in [3.8, 4) is 0 Å². The summed E-state index contributed by atoms with van der Waals surface area (Å²) < 4.78 is 55.9. The van der Waals surface area contributed by atoms with E-state index in [1.54, 1.807) is 13.0 Å². The van der Waals surface area contributed by atoms with Crippen LogP contribution < -0.4 is 10.6 Å². The second-order valence-electron chi connectivity index (χ2n) is 11.5. The zero-order chi connectivity index (χ0) is 29.0. The Bertz CT molecular complexity index is 1490. The molecule has 0 spiro atoms. The van der Waals surface area contributed by atoms with Gasteiger partial charge >= 0.3 is 0 Å². The summed E-state index contributed by atoms with van der Waals surface area (Å²) in [5.41, 5.74) is 2.14. The number of nitrogens with zero attached hydrogens (tertiary/aromatic N) is 3. The van der Waals surface area contributed by atoms with E-state index in [0.29, 0.717) is 41.9 Å². The van der Waals surface area contributed by atoms with Crippen molar-refractivity contribution < 1.29 is 27.2 Å². The second kappa shape index (κ2) is 10.7. The van der Waals surface area contributed by atoms with Gasteiger partial charge in [-0.25, -0.2) is 22.5 Å². The lowest BCUT2D eigenvalue weighted by molar-refractivity contribution is -0.124. The number of carbonyl (C=O) groups excluding carboxylic acids is 2. The molecule has 4 heterocycles. The minimum atomic E-state index is -1.46. The van der Waals surface area contributed by atoms with Crippen molar-refractivity contribution >= 4 is 22.8 Å². The first kappa shape index (κ1) is 27.6. The number of aromatic nitrogens is 2. The van der Waals surface area contributed by atoms with E-state index < -0.39 is 46.8 Å². The molecule has 41 heavy (non-hydrogen) atoms. The Hall–Kier alpha value is -3.51. The average Bonchev–Trinajstić information content (AvgIpc) is 3.49. The first-order valence-corrected chi connectivity index (χ1v) is 14.0. The van der Waals surface area contributed by atoms with Crippen molar-refractivity contribution in [1.29, 1.82) is 0 Å². The van der Waals surface area contributed by atoms with Crippen LogP contribution in [0.25, 0.3) is 11.0 Å². The minimum Gasteiger partial charge on any atom is -0.355 e. The van der Waals surface area contributed by atoms with Gasteiger partial charge in [-0.3, -0.25) is 9.59 Å². The molecule has 3 aromatic rings. The zero-order valence-electron chi connectivity index (χ0n) is 22.9. The molecule has 3 atom stereocenters. The maximum Gasteiger partial charge on any atom is 0.254 e. The number of hydrogen-bond donors (Lipinski definition) is 3. The number of hydrogen-bond acceptors (Lipinski definition) is 5. The lowest BCUT2D eigenvalue weighted by Crippen LogP contribution is -2.52. The first-order valence-electron chi connectivity index (χ1n) is 14.0. The molecular formula is C29H32F4N6O2. The quantitative estimate of drug-likeness (QED) is 0.311. The van der Waals surface area contributed by atoms with Gasteiger partial charge in [-0.15, -0.1) is 0 Å². The monoisotopic (exact) mass is 572 g/mol. The molecule has 2 saturated heterocycles. The highest BCUT2D eigenvalue weighted by Gasteiger charge is 2.38. The minimum absolute atomic E-state index is 0.00182. The molecule has 3 N–H and O–H groups in total. The van der Waals surface area contributed by atoms with Crippen LogP contribution >= 0.6 is 0 Å². The highest BCUT2D eigenvalue weighted by atomic mass is 19.2. The molecule has 2 aromatic carbocycles. The van der Waals surface area contributed by atoms with Crippen LogP contribution in [-0.2, 0) is 17.8 Å². The summed E-state index contributed by atoms with van der Waals surface area (Å²) in [4.78, 5) is 38.5. The number of amides is 2. The van der Waals surface area contributed by atoms with Crippen molar-refractivity contribution in [1.82, 2.24) is 30.4 Å². The van der Waals surface area contributed by atoms with Crippen LogP contribution in [0.2, 0.25) is 0 Å². The molecule has 0 saturated carbocycles. The van der Waals surface area contributed by atoms with Gasteiger partial charge < -0.3 is 25.4 Å². The van der Waals surface area contributed by atoms with Crippen LogP contribution in [0.3, 0.4) is 0 Å². The Balaban J connectivity index is 1.22. The van der Waals surface area contributed by atoms with Crippen molar-refractivity contribution in [2.24, 2.45) is 0 Å². The fourth-order valence-corrected chi connectivity index (χ4v) is 6.45. The number of nitrogens with one attached hydrogen (secondary N) is 3. The van der Waals surface area contributed by atoms with E-state index in [-0.39, 0.29) is 30.3 Å². The van der Waals surface area contributed by atoms with Gasteiger partial charge in [0.1, 0.15) is 11.7 Å². The number of H-pyrrole nitrogens is 1. The summed E-state index contributed by atoms with van der Waals surface area (Å²) >= 11 is 0. The predicted molar refractivity (Wildman–Crippen MR) is 143 cm³/mol. The van der Waals surface area contributed by atoms with E-state index in [9.17, 15) is 27.2 Å². The lowest BCUT2D eigenvalue weighted by atomic mass is 9.90. The van der Waals surface area contributed by atoms with Gasteiger partial charge in [0.05, 0.1) is 11.0 Å². The normalized spacial score (nSPS) is 22.8. The molecule has 6 rings (SSSR count). The van der Waals surface area contributed by atoms with E-state index in [0.717, 1.165) is 31.5 Å². The Morgan fingerprint density at radius 3 is 2.46 bits per heavy atom. The predicted octanol–water partition coefficient (Wildman–Crippen LogP) is 3.36. The molecule has 12 heteroatoms. The topological polar surface area (TPSA) is 93.4 Å². The third kappa shape index (κ3) is 5.07. The van der Waals surface area contributed by atoms with Crippen molar-refractivity contribution in [2.45, 2.75) is 63.2 Å². The van der Waals surface area contributed by atoms with Gasteiger partial charge in [-0.05, 0) is 70.4 Å². The van der Waals surface area contributed by atoms with Crippen LogP contribution in [0.4, 0.5) is 17.6 Å². The van der Waals surface area contributed by atoms with Crippen LogP contribution in [0.5, 0.6) is 0 Å².